The van der Waals surface area contributed by atoms with Crippen LogP contribution in [0, 0.1) is 4.77 Å². The van der Waals surface area contributed by atoms with Gasteiger partial charge in [0, 0.05) is 11.3 Å². The van der Waals surface area contributed by atoms with E-state index in [0.717, 1.165) is 40.8 Å². The zero-order valence-corrected chi connectivity index (χ0v) is 35.3. The molecule has 2 heterocycles. The number of aromatic nitrogens is 2. The number of aromatic amines is 2. The third-order valence-electron chi connectivity index (χ3n) is 10.8. The number of aryl methyl sites for hydroxylation is 1. The second-order valence-electron chi connectivity index (χ2n) is 15.5. The molecule has 0 aliphatic carbocycles. The second kappa shape index (κ2) is 26.6. The lowest BCUT2D eigenvalue weighted by molar-refractivity contribution is -0.319. The molecule has 316 valence electrons. The van der Waals surface area contributed by atoms with Gasteiger partial charge in [-0.05, 0) is 54.6 Å². The Hall–Kier alpha value is -3.48. The van der Waals surface area contributed by atoms with Gasteiger partial charge >= 0.3 is 0 Å². The number of hydrogen-bond acceptors (Lipinski definition) is 8. The number of aliphatic hydroxyl groups excluding tert-OH is 1. The molecule has 0 radical (unpaired) electrons. The maximum Gasteiger partial charge on any atom is 0.255 e. The molecule has 1 aliphatic rings. The molecule has 1 aliphatic heterocycles. The van der Waals surface area contributed by atoms with Crippen molar-refractivity contribution in [2.24, 2.45) is 0 Å². The number of aliphatic hydroxyl groups is 1. The lowest BCUT2D eigenvalue weighted by Gasteiger charge is -2.44. The number of benzene rings is 3. The van der Waals surface area contributed by atoms with Crippen LogP contribution in [0.4, 0.5) is 0 Å². The summed E-state index contributed by atoms with van der Waals surface area (Å²) in [7, 11) is 0. The van der Waals surface area contributed by atoms with E-state index < -0.39 is 30.7 Å². The van der Waals surface area contributed by atoms with Gasteiger partial charge < -0.3 is 33.8 Å². The molecule has 5 unspecified atom stereocenters. The van der Waals surface area contributed by atoms with Crippen molar-refractivity contribution in [2.45, 2.75) is 154 Å². The van der Waals surface area contributed by atoms with E-state index in [4.69, 9.17) is 35.9 Å². The third-order valence-corrected chi connectivity index (χ3v) is 11.0. The summed E-state index contributed by atoms with van der Waals surface area (Å²) in [6.45, 7) is 3.74. The molecule has 3 aromatic carbocycles. The molecule has 9 nitrogen and oxygen atoms in total. The molecule has 0 amide bonds. The van der Waals surface area contributed by atoms with Crippen LogP contribution in [0.15, 0.2) is 95.8 Å². The average Bonchev–Trinajstić information content (AvgIpc) is 3.24. The first-order valence-electron chi connectivity index (χ1n) is 21.7. The monoisotopic (exact) mass is 814 g/mol. The highest BCUT2D eigenvalue weighted by Gasteiger charge is 2.47. The average molecular weight is 815 g/mol. The van der Waals surface area contributed by atoms with Crippen LogP contribution in [0.1, 0.15) is 118 Å². The SMILES string of the molecule is CCCCCCCCCCCCCCc1c(CCCOC2OC(COCc3ccccc3)C(OCc3ccccc3)C(OCc3ccccc3)C2O)[nH]c(=S)[nH]c1=O. The number of ether oxygens (including phenoxy) is 5. The molecule has 5 atom stereocenters. The maximum atomic E-state index is 13.0. The Morgan fingerprint density at radius 1 is 0.621 bits per heavy atom. The van der Waals surface area contributed by atoms with Gasteiger partial charge in [0.1, 0.15) is 24.4 Å². The van der Waals surface area contributed by atoms with Gasteiger partial charge in [-0.3, -0.25) is 9.78 Å². The molecule has 4 aromatic rings. The van der Waals surface area contributed by atoms with Gasteiger partial charge in [0.2, 0.25) is 0 Å². The summed E-state index contributed by atoms with van der Waals surface area (Å²) < 4.78 is 32.3. The molecule has 1 fully saturated rings. The predicted octanol–water partition coefficient (Wildman–Crippen LogP) is 10.1. The highest BCUT2D eigenvalue weighted by atomic mass is 32.1. The quantitative estimate of drug-likeness (QED) is 0.0384. The number of rotatable bonds is 28. The zero-order chi connectivity index (χ0) is 40.6. The second-order valence-corrected chi connectivity index (χ2v) is 15.9. The van der Waals surface area contributed by atoms with Crippen molar-refractivity contribution in [3.8, 4) is 0 Å². The molecule has 0 saturated carbocycles. The molecular weight excluding hydrogens is 749 g/mol. The van der Waals surface area contributed by atoms with Gasteiger partial charge in [0.15, 0.2) is 11.1 Å². The topological polar surface area (TPSA) is 115 Å². The molecule has 5 rings (SSSR count). The number of hydrogen-bond donors (Lipinski definition) is 3. The minimum Gasteiger partial charge on any atom is -0.385 e. The van der Waals surface area contributed by atoms with Crippen molar-refractivity contribution in [1.29, 1.82) is 0 Å². The molecular formula is C48H66N2O7S. The predicted molar refractivity (Wildman–Crippen MR) is 232 cm³/mol. The van der Waals surface area contributed by atoms with Crippen LogP contribution in [-0.2, 0) is 56.3 Å². The number of H-pyrrole nitrogens is 2. The molecule has 10 heteroatoms. The van der Waals surface area contributed by atoms with Gasteiger partial charge in [-0.1, -0.05) is 169 Å². The van der Waals surface area contributed by atoms with Gasteiger partial charge in [-0.25, -0.2) is 0 Å². The largest absolute Gasteiger partial charge is 0.385 e. The van der Waals surface area contributed by atoms with E-state index in [1.807, 2.05) is 91.0 Å². The van der Waals surface area contributed by atoms with Gasteiger partial charge in [-0.15, -0.1) is 0 Å². The van der Waals surface area contributed by atoms with E-state index in [0.29, 0.717) is 37.2 Å². The van der Waals surface area contributed by atoms with Crippen LogP contribution in [-0.4, -0.2) is 59.0 Å². The number of unbranched alkanes of at least 4 members (excludes halogenated alkanes) is 11. The fourth-order valence-corrected chi connectivity index (χ4v) is 7.80. The van der Waals surface area contributed by atoms with E-state index in [1.165, 1.54) is 64.2 Å². The fourth-order valence-electron chi connectivity index (χ4n) is 7.59. The van der Waals surface area contributed by atoms with Crippen LogP contribution in [0.2, 0.25) is 0 Å². The molecule has 0 spiro atoms. The summed E-state index contributed by atoms with van der Waals surface area (Å²) in [4.78, 5) is 19.1. The minimum absolute atomic E-state index is 0.118. The summed E-state index contributed by atoms with van der Waals surface area (Å²) in [5.74, 6) is 0. The van der Waals surface area contributed by atoms with E-state index in [9.17, 15) is 9.90 Å². The highest BCUT2D eigenvalue weighted by Crippen LogP contribution is 2.29. The van der Waals surface area contributed by atoms with E-state index >= 15 is 0 Å². The van der Waals surface area contributed by atoms with Crippen molar-refractivity contribution in [3.63, 3.8) is 0 Å². The first-order chi connectivity index (χ1) is 28.5. The van der Waals surface area contributed by atoms with E-state index in [1.54, 1.807) is 0 Å². The summed E-state index contributed by atoms with van der Waals surface area (Å²) in [5.41, 5.74) is 4.51. The smallest absolute Gasteiger partial charge is 0.255 e. The summed E-state index contributed by atoms with van der Waals surface area (Å²) in [6.07, 6.45) is 13.0. The normalized spacial score (nSPS) is 19.4. The summed E-state index contributed by atoms with van der Waals surface area (Å²) in [5, 5.41) is 11.8. The lowest BCUT2D eigenvalue weighted by Crippen LogP contribution is -2.61. The standard InChI is InChI=1S/C48H66N2O7S/c1-2-3-4-5-6-7-8-9-10-11-12-22-30-40-41(49-48(58)50-46(40)52)31-23-32-54-47-43(51)45(56-35-39-28-20-15-21-29-39)44(55-34-38-26-18-14-19-27-38)42(57-47)36-53-33-37-24-16-13-17-25-37/h13-21,24-29,42-45,47,51H,2-12,22-23,30-36H2,1H3,(H2,49,50,52,58). The Kier molecular flexibility index (Phi) is 20.9. The first kappa shape index (κ1) is 45.6. The molecule has 58 heavy (non-hydrogen) atoms. The Balaban J connectivity index is 1.17. The van der Waals surface area contributed by atoms with Gasteiger partial charge in [0.25, 0.3) is 5.56 Å². The maximum absolute atomic E-state index is 13.0. The lowest BCUT2D eigenvalue weighted by atomic mass is 9.98. The van der Waals surface area contributed by atoms with Gasteiger partial charge in [0.05, 0.1) is 33.0 Å². The van der Waals surface area contributed by atoms with Crippen molar-refractivity contribution in [1.82, 2.24) is 9.97 Å². The Labute approximate surface area is 350 Å². The Morgan fingerprint density at radius 3 is 1.71 bits per heavy atom. The fraction of sp³-hybridized carbons (Fsp3) is 0.542. The van der Waals surface area contributed by atoms with Crippen LogP contribution >= 0.6 is 12.2 Å². The van der Waals surface area contributed by atoms with Crippen LogP contribution in [0.25, 0.3) is 0 Å². The van der Waals surface area contributed by atoms with Crippen molar-refractivity contribution in [2.75, 3.05) is 13.2 Å². The Morgan fingerprint density at radius 2 is 1.14 bits per heavy atom. The third kappa shape index (κ3) is 15.9. The molecule has 3 N–H and O–H groups in total. The van der Waals surface area contributed by atoms with E-state index in [2.05, 4.69) is 16.9 Å². The number of nitrogens with one attached hydrogen (secondary N) is 2. The summed E-state index contributed by atoms with van der Waals surface area (Å²) in [6, 6.07) is 29.8. The highest BCUT2D eigenvalue weighted by molar-refractivity contribution is 7.71. The van der Waals surface area contributed by atoms with Crippen LogP contribution < -0.4 is 5.56 Å². The first-order valence-corrected chi connectivity index (χ1v) is 22.1. The Bertz CT molecular complexity index is 1790. The molecule has 1 saturated heterocycles. The molecule has 1 aromatic heterocycles. The summed E-state index contributed by atoms with van der Waals surface area (Å²) >= 11 is 5.36. The van der Waals surface area contributed by atoms with Crippen molar-refractivity contribution < 1.29 is 28.8 Å². The van der Waals surface area contributed by atoms with Crippen LogP contribution in [0.5, 0.6) is 0 Å². The van der Waals surface area contributed by atoms with Gasteiger partial charge in [-0.2, -0.15) is 0 Å². The molecule has 0 bridgehead atoms. The zero-order valence-electron chi connectivity index (χ0n) is 34.5. The minimum atomic E-state index is -1.14. The van der Waals surface area contributed by atoms with E-state index in [-0.39, 0.29) is 25.4 Å². The van der Waals surface area contributed by atoms with Crippen molar-refractivity contribution in [3.05, 3.63) is 134 Å². The van der Waals surface area contributed by atoms with Crippen molar-refractivity contribution >= 4 is 12.2 Å². The van der Waals surface area contributed by atoms with Crippen LogP contribution in [0.3, 0.4) is 0 Å².